The van der Waals surface area contributed by atoms with Crippen LogP contribution in [0.25, 0.3) is 0 Å². The van der Waals surface area contributed by atoms with Gasteiger partial charge in [0.15, 0.2) is 0 Å². The Morgan fingerprint density at radius 1 is 1.25 bits per heavy atom. The van der Waals surface area contributed by atoms with Gasteiger partial charge in [0.05, 0.1) is 12.8 Å². The molecule has 2 aromatic rings. The molecular formula is C15H16ClN3O. The zero-order valence-electron chi connectivity index (χ0n) is 11.3. The first kappa shape index (κ1) is 13.3. The van der Waals surface area contributed by atoms with E-state index >= 15 is 0 Å². The topological polar surface area (TPSA) is 38.3 Å². The van der Waals surface area contributed by atoms with E-state index in [1.54, 1.807) is 7.11 Å². The van der Waals surface area contributed by atoms with Crippen LogP contribution in [-0.4, -0.2) is 28.5 Å². The summed E-state index contributed by atoms with van der Waals surface area (Å²) in [7, 11) is 1.62. The van der Waals surface area contributed by atoms with Crippen molar-refractivity contribution in [1.82, 2.24) is 14.9 Å². The summed E-state index contributed by atoms with van der Waals surface area (Å²) in [6.45, 7) is 2.68. The van der Waals surface area contributed by atoms with Gasteiger partial charge in [0.1, 0.15) is 0 Å². The maximum atomic E-state index is 5.95. The third kappa shape index (κ3) is 2.76. The van der Waals surface area contributed by atoms with E-state index in [0.29, 0.717) is 5.88 Å². The molecule has 0 spiro atoms. The average Bonchev–Trinajstić information content (AvgIpc) is 2.47. The van der Waals surface area contributed by atoms with Crippen molar-refractivity contribution < 1.29 is 4.74 Å². The normalized spacial score (nSPS) is 14.9. The Morgan fingerprint density at radius 2 is 2.05 bits per heavy atom. The molecule has 1 aliphatic heterocycles. The molecule has 0 radical (unpaired) electrons. The Morgan fingerprint density at radius 3 is 2.80 bits per heavy atom. The second-order valence-corrected chi connectivity index (χ2v) is 5.21. The van der Waals surface area contributed by atoms with Crippen molar-refractivity contribution in [2.45, 2.75) is 19.5 Å². The molecule has 1 aromatic heterocycles. The number of rotatable bonds is 3. The van der Waals surface area contributed by atoms with Gasteiger partial charge in [0.25, 0.3) is 0 Å². The van der Waals surface area contributed by atoms with Crippen LogP contribution in [-0.2, 0) is 19.5 Å². The summed E-state index contributed by atoms with van der Waals surface area (Å²) in [5.74, 6) is 0.611. The summed E-state index contributed by atoms with van der Waals surface area (Å²) in [5.41, 5.74) is 3.37. The molecule has 0 fully saturated rings. The Labute approximate surface area is 123 Å². The van der Waals surface area contributed by atoms with E-state index in [2.05, 4.69) is 39.1 Å². The van der Waals surface area contributed by atoms with Crippen LogP contribution >= 0.6 is 11.6 Å². The molecule has 1 aromatic carbocycles. The lowest BCUT2D eigenvalue weighted by atomic mass is 10.1. The molecule has 4 nitrogen and oxygen atoms in total. The fourth-order valence-corrected chi connectivity index (χ4v) is 2.75. The number of methoxy groups -OCH3 is 1. The summed E-state index contributed by atoms with van der Waals surface area (Å²) < 4.78 is 5.29. The number of ether oxygens (including phenoxy) is 1. The molecule has 20 heavy (non-hydrogen) atoms. The van der Waals surface area contributed by atoms with Gasteiger partial charge in [-0.25, -0.2) is 4.98 Å². The van der Waals surface area contributed by atoms with Gasteiger partial charge in [-0.15, -0.1) is 0 Å². The number of benzene rings is 1. The maximum absolute atomic E-state index is 5.95. The van der Waals surface area contributed by atoms with Crippen molar-refractivity contribution in [2.75, 3.05) is 13.7 Å². The second kappa shape index (κ2) is 5.77. The zero-order chi connectivity index (χ0) is 13.9. The van der Waals surface area contributed by atoms with E-state index in [1.807, 2.05) is 6.07 Å². The highest BCUT2D eigenvalue weighted by atomic mass is 35.5. The van der Waals surface area contributed by atoms with Crippen molar-refractivity contribution in [3.8, 4) is 5.88 Å². The first-order valence-electron chi connectivity index (χ1n) is 6.62. The minimum Gasteiger partial charge on any atom is -0.481 e. The van der Waals surface area contributed by atoms with Crippen molar-refractivity contribution >= 4 is 11.6 Å². The molecule has 0 amide bonds. The molecule has 0 bridgehead atoms. The third-order valence-electron chi connectivity index (χ3n) is 3.52. The summed E-state index contributed by atoms with van der Waals surface area (Å²) in [5, 5.41) is 0.252. The molecule has 2 heterocycles. The van der Waals surface area contributed by atoms with Gasteiger partial charge in [0.2, 0.25) is 11.2 Å². The largest absolute Gasteiger partial charge is 0.481 e. The van der Waals surface area contributed by atoms with Gasteiger partial charge in [-0.1, -0.05) is 30.3 Å². The molecule has 0 saturated carbocycles. The fraction of sp³-hybridized carbons (Fsp3) is 0.333. The van der Waals surface area contributed by atoms with Crippen LogP contribution in [0.3, 0.4) is 0 Å². The third-order valence-corrected chi connectivity index (χ3v) is 3.69. The zero-order valence-corrected chi connectivity index (χ0v) is 12.1. The average molecular weight is 290 g/mol. The van der Waals surface area contributed by atoms with Crippen LogP contribution in [0.4, 0.5) is 0 Å². The van der Waals surface area contributed by atoms with Crippen molar-refractivity contribution in [3.63, 3.8) is 0 Å². The van der Waals surface area contributed by atoms with Crippen LogP contribution in [0.5, 0.6) is 5.88 Å². The van der Waals surface area contributed by atoms with E-state index in [-0.39, 0.29) is 5.28 Å². The van der Waals surface area contributed by atoms with Crippen LogP contribution < -0.4 is 4.74 Å². The van der Waals surface area contributed by atoms with Gasteiger partial charge in [-0.2, -0.15) is 4.98 Å². The van der Waals surface area contributed by atoms with E-state index in [9.17, 15) is 0 Å². The van der Waals surface area contributed by atoms with E-state index < -0.39 is 0 Å². The van der Waals surface area contributed by atoms with Crippen molar-refractivity contribution in [3.05, 3.63) is 52.4 Å². The molecule has 3 rings (SSSR count). The van der Waals surface area contributed by atoms with Crippen LogP contribution in [0.2, 0.25) is 5.28 Å². The number of fused-ring (bicyclic) bond motifs is 1. The highest BCUT2D eigenvalue weighted by molar-refractivity contribution is 6.28. The number of hydrogen-bond donors (Lipinski definition) is 0. The quantitative estimate of drug-likeness (QED) is 0.815. The Bertz CT molecular complexity index is 604. The number of halogens is 1. The molecule has 0 aliphatic carbocycles. The first-order valence-corrected chi connectivity index (χ1v) is 6.99. The van der Waals surface area contributed by atoms with Crippen LogP contribution in [0, 0.1) is 0 Å². The Balaban J connectivity index is 1.80. The molecule has 104 valence electrons. The minimum absolute atomic E-state index is 0.252. The van der Waals surface area contributed by atoms with Gasteiger partial charge in [-0.3, -0.25) is 4.90 Å². The lowest BCUT2D eigenvalue weighted by molar-refractivity contribution is 0.237. The minimum atomic E-state index is 0.252. The van der Waals surface area contributed by atoms with Crippen LogP contribution in [0.1, 0.15) is 16.8 Å². The van der Waals surface area contributed by atoms with Crippen molar-refractivity contribution in [1.29, 1.82) is 0 Å². The van der Waals surface area contributed by atoms with Crippen molar-refractivity contribution in [2.24, 2.45) is 0 Å². The maximum Gasteiger partial charge on any atom is 0.225 e. The molecule has 0 unspecified atom stereocenters. The molecule has 5 heteroatoms. The Hall–Kier alpha value is -1.65. The monoisotopic (exact) mass is 289 g/mol. The number of hydrogen-bond acceptors (Lipinski definition) is 4. The highest BCUT2D eigenvalue weighted by Gasteiger charge is 2.22. The predicted octanol–water partition coefficient (Wildman–Crippen LogP) is 2.70. The molecule has 0 N–H and O–H groups in total. The van der Waals surface area contributed by atoms with Gasteiger partial charge in [0, 0.05) is 25.2 Å². The van der Waals surface area contributed by atoms with Gasteiger partial charge < -0.3 is 4.74 Å². The number of nitrogens with zero attached hydrogens (tertiary/aromatic N) is 3. The lowest BCUT2D eigenvalue weighted by Crippen LogP contribution is -2.31. The highest BCUT2D eigenvalue weighted by Crippen LogP contribution is 2.27. The first-order chi connectivity index (χ1) is 9.76. The number of aromatic nitrogens is 2. The predicted molar refractivity (Wildman–Crippen MR) is 77.9 cm³/mol. The van der Waals surface area contributed by atoms with E-state index in [4.69, 9.17) is 16.3 Å². The lowest BCUT2D eigenvalue weighted by Gasteiger charge is -2.28. The fourth-order valence-electron chi connectivity index (χ4n) is 2.57. The molecule has 0 saturated heterocycles. The Kier molecular flexibility index (Phi) is 3.85. The van der Waals surface area contributed by atoms with Gasteiger partial charge in [-0.05, 0) is 23.6 Å². The molecular weight excluding hydrogens is 274 g/mol. The van der Waals surface area contributed by atoms with Crippen LogP contribution in [0.15, 0.2) is 30.3 Å². The molecule has 1 aliphatic rings. The second-order valence-electron chi connectivity index (χ2n) is 4.87. The van der Waals surface area contributed by atoms with Gasteiger partial charge >= 0.3 is 0 Å². The van der Waals surface area contributed by atoms with E-state index in [1.165, 1.54) is 5.56 Å². The summed E-state index contributed by atoms with van der Waals surface area (Å²) in [4.78, 5) is 10.8. The summed E-state index contributed by atoms with van der Waals surface area (Å²) >= 11 is 5.95. The smallest absolute Gasteiger partial charge is 0.225 e. The molecule has 0 atom stereocenters. The van der Waals surface area contributed by atoms with E-state index in [0.717, 1.165) is 37.3 Å². The standard InChI is InChI=1S/C15H16ClN3O/c1-20-14-12-7-8-19(9-11-5-3-2-4-6-11)10-13(12)17-15(16)18-14/h2-6H,7-10H2,1H3. The summed E-state index contributed by atoms with van der Waals surface area (Å²) in [6.07, 6.45) is 0.891. The SMILES string of the molecule is COc1nc(Cl)nc2c1CCN(Cc1ccccc1)C2. The summed E-state index contributed by atoms with van der Waals surface area (Å²) in [6, 6.07) is 10.4.